The van der Waals surface area contributed by atoms with Gasteiger partial charge in [-0.15, -0.1) is 0 Å². The van der Waals surface area contributed by atoms with Crippen molar-refractivity contribution in [2.75, 3.05) is 14.2 Å². The van der Waals surface area contributed by atoms with Crippen LogP contribution in [0.2, 0.25) is 0 Å². The number of hydrogen-bond acceptors (Lipinski definition) is 4. The molecule has 0 rings (SSSR count). The quantitative estimate of drug-likeness (QED) is 0.584. The van der Waals surface area contributed by atoms with Gasteiger partial charge in [0.15, 0.2) is 0 Å². The van der Waals surface area contributed by atoms with E-state index < -0.39 is 35.9 Å². The predicted octanol–water partition coefficient (Wildman–Crippen LogP) is 1.58. The van der Waals surface area contributed by atoms with Gasteiger partial charge in [0.05, 0.1) is 14.2 Å². The molecule has 0 aliphatic rings. The second-order valence-electron chi connectivity index (χ2n) is 3.16. The summed E-state index contributed by atoms with van der Waals surface area (Å²) in [5.41, 5.74) is -6.03. The summed E-state index contributed by atoms with van der Waals surface area (Å²) >= 11 is 0. The average molecular weight is 300 g/mol. The minimum absolute atomic E-state index is 0.184. The van der Waals surface area contributed by atoms with Gasteiger partial charge in [-0.1, -0.05) is 0 Å². The van der Waals surface area contributed by atoms with Crippen molar-refractivity contribution >= 4 is 11.9 Å². The first kappa shape index (κ1) is 17.4. The second-order valence-corrected chi connectivity index (χ2v) is 3.16. The van der Waals surface area contributed by atoms with E-state index in [1.54, 1.807) is 0 Å². The summed E-state index contributed by atoms with van der Waals surface area (Å²) in [6.07, 6.45) is -10.9. The molecule has 0 spiro atoms. The Labute approximate surface area is 101 Å². The molecule has 0 heterocycles. The van der Waals surface area contributed by atoms with Gasteiger partial charge >= 0.3 is 29.7 Å². The molecule has 0 radical (unpaired) electrons. The Bertz CT molecular complexity index is 367. The lowest BCUT2D eigenvalue weighted by atomic mass is 9.93. The fourth-order valence-corrected chi connectivity index (χ4v) is 1.01. The molecule has 0 amide bonds. The van der Waals surface area contributed by atoms with Gasteiger partial charge in [-0.2, -0.15) is 22.0 Å². The molecule has 0 fully saturated rings. The van der Waals surface area contributed by atoms with Crippen molar-refractivity contribution in [1.82, 2.24) is 0 Å². The first-order valence-electron chi connectivity index (χ1n) is 4.31. The highest BCUT2D eigenvalue weighted by Gasteiger charge is 2.80. The number of esters is 2. The molecule has 0 aromatic rings. The number of hydrogen-bond donors (Lipinski definition) is 0. The van der Waals surface area contributed by atoms with Gasteiger partial charge < -0.3 is 9.47 Å². The summed E-state index contributed by atoms with van der Waals surface area (Å²) in [6.45, 7) is 0. The summed E-state index contributed by atoms with van der Waals surface area (Å²) in [5, 5.41) is 0. The second kappa shape index (κ2) is 5.21. The molecule has 0 saturated heterocycles. The monoisotopic (exact) mass is 300 g/mol. The van der Waals surface area contributed by atoms with Gasteiger partial charge in [-0.25, -0.2) is 18.4 Å². The molecular weight excluding hydrogens is 293 g/mol. The van der Waals surface area contributed by atoms with Crippen molar-refractivity contribution in [2.24, 2.45) is 0 Å². The highest BCUT2D eigenvalue weighted by Crippen LogP contribution is 2.48. The zero-order chi connectivity index (χ0) is 15.6. The Hall–Kier alpha value is -1.55. The molecule has 0 aromatic heterocycles. The first-order valence-corrected chi connectivity index (χ1v) is 4.31. The van der Waals surface area contributed by atoms with Gasteiger partial charge in [0.25, 0.3) is 6.17 Å². The van der Waals surface area contributed by atoms with Gasteiger partial charge in [0.1, 0.15) is 0 Å². The molecule has 2 unspecified atom stereocenters. The SMILES string of the molecule is COC(=O)C(F)C(F)(F)C(F)(C(=O)OC)C(F)(F)F. The lowest BCUT2D eigenvalue weighted by molar-refractivity contribution is -0.307. The van der Waals surface area contributed by atoms with Crippen molar-refractivity contribution in [1.29, 1.82) is 0 Å². The summed E-state index contributed by atoms with van der Waals surface area (Å²) in [4.78, 5) is 21.1. The average Bonchev–Trinajstić information content (AvgIpc) is 2.32. The Morgan fingerprint density at radius 1 is 0.947 bits per heavy atom. The minimum atomic E-state index is -6.51. The molecule has 4 nitrogen and oxygen atoms in total. The molecule has 19 heavy (non-hydrogen) atoms. The molecule has 0 aliphatic heterocycles. The first-order chi connectivity index (χ1) is 8.37. The maximum absolute atomic E-state index is 13.4. The molecule has 112 valence electrons. The van der Waals surface area contributed by atoms with Crippen LogP contribution in [-0.2, 0) is 19.1 Å². The van der Waals surface area contributed by atoms with Gasteiger partial charge in [-0.3, -0.25) is 0 Å². The normalized spacial score (nSPS) is 17.3. The number of halogens is 7. The Morgan fingerprint density at radius 2 is 1.37 bits per heavy atom. The van der Waals surface area contributed by atoms with Gasteiger partial charge in [0.2, 0.25) is 0 Å². The smallest absolute Gasteiger partial charge is 0.439 e. The molecule has 11 heteroatoms. The predicted molar refractivity (Wildman–Crippen MR) is 43.8 cm³/mol. The maximum atomic E-state index is 13.4. The summed E-state index contributed by atoms with van der Waals surface area (Å²) in [6, 6.07) is 0. The number of rotatable bonds is 4. The van der Waals surface area contributed by atoms with E-state index in [-0.39, 0.29) is 7.11 Å². The lowest BCUT2D eigenvalue weighted by Crippen LogP contribution is -2.65. The molecule has 0 aromatic carbocycles. The summed E-state index contributed by atoms with van der Waals surface area (Å²) < 4.78 is 96.2. The van der Waals surface area contributed by atoms with Crippen LogP contribution in [0.5, 0.6) is 0 Å². The third kappa shape index (κ3) is 2.59. The number of carbonyl (C=O) groups excluding carboxylic acids is 2. The minimum Gasteiger partial charge on any atom is -0.467 e. The molecule has 2 atom stereocenters. The van der Waals surface area contributed by atoms with Crippen molar-refractivity contribution in [2.45, 2.75) is 23.9 Å². The van der Waals surface area contributed by atoms with Crippen LogP contribution in [-0.4, -0.2) is 50.1 Å². The van der Waals surface area contributed by atoms with Crippen LogP contribution in [0.15, 0.2) is 0 Å². The van der Waals surface area contributed by atoms with E-state index >= 15 is 0 Å². The van der Waals surface area contributed by atoms with Crippen LogP contribution in [0.4, 0.5) is 30.7 Å². The molecule has 0 saturated carbocycles. The van der Waals surface area contributed by atoms with E-state index in [1.165, 1.54) is 0 Å². The van der Waals surface area contributed by atoms with Crippen molar-refractivity contribution in [3.05, 3.63) is 0 Å². The number of carbonyl (C=O) groups is 2. The van der Waals surface area contributed by atoms with Crippen LogP contribution in [0, 0.1) is 0 Å². The van der Waals surface area contributed by atoms with Crippen LogP contribution in [0.1, 0.15) is 0 Å². The highest BCUT2D eigenvalue weighted by atomic mass is 19.4. The van der Waals surface area contributed by atoms with Crippen molar-refractivity contribution < 1.29 is 49.8 Å². The maximum Gasteiger partial charge on any atom is 0.439 e. The van der Waals surface area contributed by atoms with Crippen molar-refractivity contribution in [3.8, 4) is 0 Å². The lowest BCUT2D eigenvalue weighted by Gasteiger charge is -2.33. The molecule has 0 N–H and O–H groups in total. The molecule has 0 bridgehead atoms. The fraction of sp³-hybridized carbons (Fsp3) is 0.750. The largest absolute Gasteiger partial charge is 0.467 e. The Balaban J connectivity index is 5.88. The van der Waals surface area contributed by atoms with E-state index in [0.717, 1.165) is 0 Å². The number of ether oxygens (including phenoxy) is 2. The fourth-order valence-electron chi connectivity index (χ4n) is 1.01. The molecular formula is C8H7F7O4. The van der Waals surface area contributed by atoms with Crippen LogP contribution in [0.25, 0.3) is 0 Å². The zero-order valence-corrected chi connectivity index (χ0v) is 9.36. The third-order valence-electron chi connectivity index (χ3n) is 2.04. The van der Waals surface area contributed by atoms with E-state index in [1.807, 2.05) is 0 Å². The zero-order valence-electron chi connectivity index (χ0n) is 9.36. The Kier molecular flexibility index (Phi) is 4.79. The standard InChI is InChI=1S/C8H7F7O4/c1-18-4(16)3(9)7(11,12)6(10,5(17)19-2)8(13,14)15/h3H,1-2H3. The summed E-state index contributed by atoms with van der Waals surface area (Å²) in [7, 11) is 0.570. The van der Waals surface area contributed by atoms with Gasteiger partial charge in [0, 0.05) is 0 Å². The van der Waals surface area contributed by atoms with E-state index in [0.29, 0.717) is 7.11 Å². The van der Waals surface area contributed by atoms with E-state index in [4.69, 9.17) is 0 Å². The van der Waals surface area contributed by atoms with Crippen molar-refractivity contribution in [3.63, 3.8) is 0 Å². The van der Waals surface area contributed by atoms with Crippen LogP contribution in [0.3, 0.4) is 0 Å². The topological polar surface area (TPSA) is 52.6 Å². The van der Waals surface area contributed by atoms with E-state index in [9.17, 15) is 40.3 Å². The number of alkyl halides is 7. The van der Waals surface area contributed by atoms with E-state index in [2.05, 4.69) is 9.47 Å². The number of methoxy groups -OCH3 is 2. The van der Waals surface area contributed by atoms with Crippen LogP contribution >= 0.6 is 0 Å². The summed E-state index contributed by atoms with van der Waals surface area (Å²) in [5.74, 6) is -11.6. The molecule has 0 aliphatic carbocycles. The van der Waals surface area contributed by atoms with Gasteiger partial charge in [-0.05, 0) is 0 Å². The third-order valence-corrected chi connectivity index (χ3v) is 2.04. The van der Waals surface area contributed by atoms with Crippen LogP contribution < -0.4 is 0 Å². The Morgan fingerprint density at radius 3 is 1.63 bits per heavy atom. The highest BCUT2D eigenvalue weighted by molar-refractivity contribution is 5.85.